The molecule has 0 heterocycles. The number of quaternary nitrogens is 1. The number of carbonyl (C=O) groups excluding carboxylic acids is 2. The Hall–Kier alpha value is -1.51. The molecule has 534 valence electrons. The van der Waals surface area contributed by atoms with Gasteiger partial charge in [-0.2, -0.15) is 0 Å². The maximum atomic E-state index is 12.9. The minimum absolute atomic E-state index is 0.0360. The first kappa shape index (κ1) is 88.5. The molecule has 9 nitrogen and oxygen atoms in total. The molecule has 0 aromatic carbocycles. The van der Waals surface area contributed by atoms with Gasteiger partial charge < -0.3 is 18.9 Å². The fourth-order valence-electron chi connectivity index (χ4n) is 12.3. The molecule has 0 aromatic heterocycles. The SMILES string of the molecule is CCCCCCCCCC/C=C\CCCCCCCCCCCCCCCCCCCCCCCC(=O)OCC(COP(=O)(O)OCC[N+](C)(C)C)OC(=O)CCCCCCCCCCCCCCCCCCCCCCC/C=C\CCCCCCCCCC. The Kier molecular flexibility index (Phi) is 70.6. The summed E-state index contributed by atoms with van der Waals surface area (Å²) in [5.74, 6) is -0.769. The van der Waals surface area contributed by atoms with E-state index in [0.29, 0.717) is 17.4 Å². The van der Waals surface area contributed by atoms with Crippen LogP contribution >= 0.6 is 7.82 Å². The Morgan fingerprint density at radius 2 is 0.567 bits per heavy atom. The molecule has 1 N–H and O–H groups in total. The lowest BCUT2D eigenvalue weighted by Gasteiger charge is -2.24. The van der Waals surface area contributed by atoms with Gasteiger partial charge in [0.25, 0.3) is 0 Å². The number of phosphoric ester groups is 1. The van der Waals surface area contributed by atoms with Crippen molar-refractivity contribution in [1.29, 1.82) is 0 Å². The first-order chi connectivity index (χ1) is 44.0. The molecule has 0 aliphatic rings. The van der Waals surface area contributed by atoms with E-state index in [0.717, 1.165) is 38.5 Å². The Labute approximate surface area is 561 Å². The van der Waals surface area contributed by atoms with E-state index in [9.17, 15) is 19.0 Å². The Morgan fingerprint density at radius 1 is 0.333 bits per heavy atom. The molecule has 0 spiro atoms. The molecular formula is C80H157NO8P+. The standard InChI is InChI=1S/C80H156NO8P/c1-6-8-10-12-14-16-18-20-22-24-26-28-30-32-34-36-38-40-42-44-46-48-50-52-54-56-58-60-62-64-66-68-70-72-79(82)86-76-78(77-88-90(84,85)87-75-74-81(3,4)5)89-80(83)73-71-69-67-65-63-61-59-57-55-53-51-49-47-45-43-41-39-37-35-33-31-29-27-25-23-21-19-17-15-13-11-9-7-2/h24-27,78H,6-23,28-77H2,1-5H3/p+1/b26-24-,27-25-. The van der Waals surface area contributed by atoms with Crippen LogP contribution in [0.4, 0.5) is 0 Å². The molecule has 0 amide bonds. The van der Waals surface area contributed by atoms with Crippen LogP contribution in [0.3, 0.4) is 0 Å². The van der Waals surface area contributed by atoms with Crippen LogP contribution in [0.5, 0.6) is 0 Å². The molecule has 0 aliphatic carbocycles. The summed E-state index contributed by atoms with van der Waals surface area (Å²) < 4.78 is 34.8. The molecule has 0 saturated carbocycles. The highest BCUT2D eigenvalue weighted by atomic mass is 31.2. The van der Waals surface area contributed by atoms with Crippen molar-refractivity contribution in [1.82, 2.24) is 0 Å². The molecule has 0 aromatic rings. The summed E-state index contributed by atoms with van der Waals surface area (Å²) in [7, 11) is 1.51. The average molecular weight is 1290 g/mol. The second-order valence-corrected chi connectivity index (χ2v) is 30.3. The molecule has 0 saturated heterocycles. The van der Waals surface area contributed by atoms with E-state index in [4.69, 9.17) is 18.5 Å². The van der Waals surface area contributed by atoms with Crippen molar-refractivity contribution in [2.75, 3.05) is 47.5 Å². The number of nitrogens with zero attached hydrogens (tertiary/aromatic N) is 1. The van der Waals surface area contributed by atoms with Crippen LogP contribution in [0.1, 0.15) is 425 Å². The number of esters is 2. The molecule has 0 rings (SSSR count). The van der Waals surface area contributed by atoms with Crippen molar-refractivity contribution in [3.05, 3.63) is 24.3 Å². The smallest absolute Gasteiger partial charge is 0.462 e. The summed E-state index contributed by atoms with van der Waals surface area (Å²) >= 11 is 0. The van der Waals surface area contributed by atoms with E-state index in [1.807, 2.05) is 21.1 Å². The zero-order valence-electron chi connectivity index (χ0n) is 61.2. The minimum Gasteiger partial charge on any atom is -0.462 e. The van der Waals surface area contributed by atoms with Crippen LogP contribution in [0.15, 0.2) is 24.3 Å². The molecule has 0 fully saturated rings. The number of phosphoric acid groups is 1. The number of allylic oxidation sites excluding steroid dienone is 4. The van der Waals surface area contributed by atoms with Gasteiger partial charge >= 0.3 is 19.8 Å². The fraction of sp³-hybridized carbons (Fsp3) is 0.925. The van der Waals surface area contributed by atoms with Gasteiger partial charge in [-0.05, 0) is 64.2 Å². The minimum atomic E-state index is -4.39. The van der Waals surface area contributed by atoms with Gasteiger partial charge in [-0.25, -0.2) is 4.57 Å². The lowest BCUT2D eigenvalue weighted by molar-refractivity contribution is -0.870. The van der Waals surface area contributed by atoms with E-state index in [1.165, 1.54) is 360 Å². The lowest BCUT2D eigenvalue weighted by Crippen LogP contribution is -2.37. The van der Waals surface area contributed by atoms with Crippen LogP contribution in [-0.4, -0.2) is 74.9 Å². The van der Waals surface area contributed by atoms with Gasteiger partial charge in [-0.1, -0.05) is 372 Å². The predicted molar refractivity (Wildman–Crippen MR) is 391 cm³/mol. The summed E-state index contributed by atoms with van der Waals surface area (Å²) in [6.45, 7) is 4.52. The van der Waals surface area contributed by atoms with E-state index in [-0.39, 0.29) is 25.6 Å². The van der Waals surface area contributed by atoms with Crippen LogP contribution in [0, 0.1) is 0 Å². The number of rotatable bonds is 76. The number of hydrogen-bond acceptors (Lipinski definition) is 7. The van der Waals surface area contributed by atoms with Gasteiger partial charge in [-0.3, -0.25) is 18.6 Å². The number of hydrogen-bond donors (Lipinski definition) is 1. The Bertz CT molecular complexity index is 1560. The van der Waals surface area contributed by atoms with E-state index in [2.05, 4.69) is 38.2 Å². The number of carbonyl (C=O) groups is 2. The average Bonchev–Trinajstić information content (AvgIpc) is 3.56. The first-order valence-electron chi connectivity index (χ1n) is 40.1. The molecule has 90 heavy (non-hydrogen) atoms. The summed E-state index contributed by atoms with van der Waals surface area (Å²) in [4.78, 5) is 36.0. The largest absolute Gasteiger partial charge is 0.472 e. The molecule has 0 aliphatic heterocycles. The topological polar surface area (TPSA) is 108 Å². The lowest BCUT2D eigenvalue weighted by atomic mass is 10.0. The van der Waals surface area contributed by atoms with E-state index in [1.54, 1.807) is 0 Å². The monoisotopic (exact) mass is 1290 g/mol. The van der Waals surface area contributed by atoms with Crippen molar-refractivity contribution in [3.8, 4) is 0 Å². The summed E-state index contributed by atoms with van der Waals surface area (Å²) in [5, 5.41) is 0. The second kappa shape index (κ2) is 71.8. The van der Waals surface area contributed by atoms with Crippen LogP contribution < -0.4 is 0 Å². The van der Waals surface area contributed by atoms with Gasteiger partial charge in [0.05, 0.1) is 27.7 Å². The second-order valence-electron chi connectivity index (χ2n) is 28.8. The van der Waals surface area contributed by atoms with E-state index < -0.39 is 26.5 Å². The highest BCUT2D eigenvalue weighted by Gasteiger charge is 2.27. The first-order valence-corrected chi connectivity index (χ1v) is 41.6. The summed E-state index contributed by atoms with van der Waals surface area (Å²) in [5.41, 5.74) is 0. The van der Waals surface area contributed by atoms with Crippen molar-refractivity contribution < 1.29 is 42.1 Å². The molecular weight excluding hydrogens is 1130 g/mol. The number of ether oxygens (including phenoxy) is 2. The summed E-state index contributed by atoms with van der Waals surface area (Å²) in [6, 6.07) is 0. The van der Waals surface area contributed by atoms with Crippen molar-refractivity contribution in [2.24, 2.45) is 0 Å². The van der Waals surface area contributed by atoms with Gasteiger partial charge in [-0.15, -0.1) is 0 Å². The van der Waals surface area contributed by atoms with E-state index >= 15 is 0 Å². The third-order valence-corrected chi connectivity index (χ3v) is 19.4. The highest BCUT2D eigenvalue weighted by molar-refractivity contribution is 7.47. The van der Waals surface area contributed by atoms with Gasteiger partial charge in [0, 0.05) is 12.8 Å². The molecule has 0 radical (unpaired) electrons. The van der Waals surface area contributed by atoms with Crippen LogP contribution in [0.2, 0.25) is 0 Å². The Morgan fingerprint density at radius 3 is 0.822 bits per heavy atom. The number of unbranched alkanes of at least 4 members (excludes halogenated alkanes) is 58. The third-order valence-electron chi connectivity index (χ3n) is 18.5. The Balaban J connectivity index is 3.91. The van der Waals surface area contributed by atoms with Crippen molar-refractivity contribution >= 4 is 19.8 Å². The zero-order valence-corrected chi connectivity index (χ0v) is 62.1. The third kappa shape index (κ3) is 75.5. The zero-order chi connectivity index (χ0) is 65.5. The van der Waals surface area contributed by atoms with Gasteiger partial charge in [0.15, 0.2) is 6.10 Å². The number of likely N-dealkylation sites (N-methyl/N-ethyl adjacent to an activating group) is 1. The fourth-order valence-corrected chi connectivity index (χ4v) is 13.0. The molecule has 10 heteroatoms. The predicted octanol–water partition coefficient (Wildman–Crippen LogP) is 26.4. The summed E-state index contributed by atoms with van der Waals surface area (Å²) in [6.07, 6.45) is 91.9. The van der Waals surface area contributed by atoms with Crippen molar-refractivity contribution in [3.63, 3.8) is 0 Å². The molecule has 2 atom stereocenters. The molecule has 2 unspecified atom stereocenters. The normalized spacial score (nSPS) is 13.1. The van der Waals surface area contributed by atoms with Crippen LogP contribution in [-0.2, 0) is 32.7 Å². The highest BCUT2D eigenvalue weighted by Crippen LogP contribution is 2.43. The van der Waals surface area contributed by atoms with Crippen LogP contribution in [0.25, 0.3) is 0 Å². The van der Waals surface area contributed by atoms with Gasteiger partial charge in [0.1, 0.15) is 19.8 Å². The maximum Gasteiger partial charge on any atom is 0.472 e. The molecule has 0 bridgehead atoms. The van der Waals surface area contributed by atoms with Gasteiger partial charge in [0.2, 0.25) is 0 Å². The quantitative estimate of drug-likeness (QED) is 0.0211. The maximum absolute atomic E-state index is 12.9. The van der Waals surface area contributed by atoms with Crippen molar-refractivity contribution in [2.45, 2.75) is 431 Å².